The number of nitrogens with zero attached hydrogens (tertiary/aromatic N) is 2. The van der Waals surface area contributed by atoms with E-state index in [9.17, 15) is 0 Å². The molecule has 1 aliphatic heterocycles. The lowest BCUT2D eigenvalue weighted by molar-refractivity contribution is 0.0909. The minimum absolute atomic E-state index is 0.615. The Morgan fingerprint density at radius 3 is 2.50 bits per heavy atom. The van der Waals surface area contributed by atoms with Crippen LogP contribution in [0.15, 0.2) is 18.3 Å². The number of pyridine rings is 1. The highest BCUT2D eigenvalue weighted by atomic mass is 15.1. The Bertz CT molecular complexity index is 402. The quantitative estimate of drug-likeness (QED) is 0.853. The summed E-state index contributed by atoms with van der Waals surface area (Å²) in [6.07, 6.45) is 7.28. The van der Waals surface area contributed by atoms with Crippen molar-refractivity contribution in [1.29, 1.82) is 0 Å². The summed E-state index contributed by atoms with van der Waals surface area (Å²) >= 11 is 0. The molecule has 0 radical (unpaired) electrons. The standard InChI is InChI=1S/C17H29N3/c1-4-17(5-2)8-11-20(12-9-17)14-15-7-10-19-16(13-15)18-6-3/h7,10,13H,4-6,8-9,11-12,14H2,1-3H3,(H,18,19). The third-order valence-electron chi connectivity index (χ3n) is 5.01. The number of anilines is 1. The lowest BCUT2D eigenvalue weighted by atomic mass is 9.74. The normalized spacial score (nSPS) is 18.9. The molecule has 0 aromatic carbocycles. The maximum atomic E-state index is 4.34. The number of nitrogens with one attached hydrogen (secondary N) is 1. The summed E-state index contributed by atoms with van der Waals surface area (Å²) in [5, 5.41) is 3.29. The topological polar surface area (TPSA) is 28.2 Å². The van der Waals surface area contributed by atoms with Crippen LogP contribution in [0.2, 0.25) is 0 Å². The molecule has 20 heavy (non-hydrogen) atoms. The van der Waals surface area contributed by atoms with Crippen molar-refractivity contribution in [1.82, 2.24) is 9.88 Å². The van der Waals surface area contributed by atoms with Crippen molar-refractivity contribution in [3.63, 3.8) is 0 Å². The molecule has 0 bridgehead atoms. The molecular weight excluding hydrogens is 246 g/mol. The Labute approximate surface area is 123 Å². The van der Waals surface area contributed by atoms with E-state index in [0.29, 0.717) is 5.41 Å². The second kappa shape index (κ2) is 7.07. The van der Waals surface area contributed by atoms with Crippen LogP contribution in [0, 0.1) is 5.41 Å². The van der Waals surface area contributed by atoms with Gasteiger partial charge in [0.05, 0.1) is 0 Å². The largest absolute Gasteiger partial charge is 0.370 e. The lowest BCUT2D eigenvalue weighted by Crippen LogP contribution is -2.39. The van der Waals surface area contributed by atoms with Gasteiger partial charge in [0.25, 0.3) is 0 Å². The van der Waals surface area contributed by atoms with Crippen LogP contribution < -0.4 is 5.32 Å². The van der Waals surface area contributed by atoms with Gasteiger partial charge in [-0.1, -0.05) is 26.7 Å². The molecule has 112 valence electrons. The second-order valence-electron chi connectivity index (χ2n) is 6.06. The van der Waals surface area contributed by atoms with Gasteiger partial charge >= 0.3 is 0 Å². The summed E-state index contributed by atoms with van der Waals surface area (Å²) in [7, 11) is 0. The summed E-state index contributed by atoms with van der Waals surface area (Å²) in [6, 6.07) is 4.33. The Balaban J connectivity index is 1.90. The average molecular weight is 275 g/mol. The predicted octanol–water partition coefficient (Wildman–Crippen LogP) is 3.92. The Hall–Kier alpha value is -1.09. The molecule has 3 nitrogen and oxygen atoms in total. The van der Waals surface area contributed by atoms with E-state index < -0.39 is 0 Å². The third kappa shape index (κ3) is 3.72. The number of hydrogen-bond donors (Lipinski definition) is 1. The number of likely N-dealkylation sites (tertiary alicyclic amines) is 1. The van der Waals surface area contributed by atoms with Crippen LogP contribution in [-0.2, 0) is 6.54 Å². The smallest absolute Gasteiger partial charge is 0.126 e. The van der Waals surface area contributed by atoms with Crippen molar-refractivity contribution in [3.05, 3.63) is 23.9 Å². The van der Waals surface area contributed by atoms with Crippen molar-refractivity contribution in [2.24, 2.45) is 5.41 Å². The second-order valence-corrected chi connectivity index (χ2v) is 6.06. The van der Waals surface area contributed by atoms with Crippen LogP contribution >= 0.6 is 0 Å². The highest BCUT2D eigenvalue weighted by molar-refractivity contribution is 5.37. The average Bonchev–Trinajstić information content (AvgIpc) is 2.49. The number of piperidine rings is 1. The zero-order valence-corrected chi connectivity index (χ0v) is 13.3. The van der Waals surface area contributed by atoms with E-state index in [1.54, 1.807) is 0 Å². The molecule has 0 unspecified atom stereocenters. The van der Waals surface area contributed by atoms with Gasteiger partial charge in [0.1, 0.15) is 5.82 Å². The fourth-order valence-electron chi connectivity index (χ4n) is 3.25. The number of rotatable bonds is 6. The molecule has 1 aliphatic rings. The van der Waals surface area contributed by atoms with Gasteiger partial charge in [-0.25, -0.2) is 4.98 Å². The van der Waals surface area contributed by atoms with Crippen LogP contribution in [0.1, 0.15) is 52.0 Å². The van der Waals surface area contributed by atoms with E-state index in [4.69, 9.17) is 0 Å². The van der Waals surface area contributed by atoms with E-state index in [2.05, 4.69) is 48.1 Å². The first-order valence-electron chi connectivity index (χ1n) is 8.12. The van der Waals surface area contributed by atoms with Crippen molar-refractivity contribution in [2.45, 2.75) is 53.0 Å². The molecule has 1 N–H and O–H groups in total. The van der Waals surface area contributed by atoms with Crippen molar-refractivity contribution < 1.29 is 0 Å². The van der Waals surface area contributed by atoms with Crippen molar-refractivity contribution in [3.8, 4) is 0 Å². The third-order valence-corrected chi connectivity index (χ3v) is 5.01. The van der Waals surface area contributed by atoms with E-state index in [1.807, 2.05) is 6.20 Å². The molecule has 3 heteroatoms. The van der Waals surface area contributed by atoms with E-state index in [1.165, 1.54) is 44.3 Å². The molecular formula is C17H29N3. The molecule has 0 saturated carbocycles. The molecule has 0 atom stereocenters. The Kier molecular flexibility index (Phi) is 5.41. The molecule has 1 aromatic heterocycles. The van der Waals surface area contributed by atoms with Crippen LogP contribution in [-0.4, -0.2) is 29.5 Å². The van der Waals surface area contributed by atoms with Gasteiger partial charge in [-0.3, -0.25) is 4.90 Å². The Morgan fingerprint density at radius 2 is 1.90 bits per heavy atom. The first-order valence-corrected chi connectivity index (χ1v) is 8.12. The lowest BCUT2D eigenvalue weighted by Gasteiger charge is -2.41. The molecule has 1 aromatic rings. The first-order chi connectivity index (χ1) is 9.71. The molecule has 0 spiro atoms. The zero-order chi connectivity index (χ0) is 14.4. The van der Waals surface area contributed by atoms with E-state index in [-0.39, 0.29) is 0 Å². The van der Waals surface area contributed by atoms with Gasteiger partial charge in [0.15, 0.2) is 0 Å². The summed E-state index contributed by atoms with van der Waals surface area (Å²) in [5.74, 6) is 0.999. The SMILES string of the molecule is CCNc1cc(CN2CCC(CC)(CC)CC2)ccn1. The summed E-state index contributed by atoms with van der Waals surface area (Å²) in [6.45, 7) is 11.3. The van der Waals surface area contributed by atoms with Gasteiger partial charge in [0.2, 0.25) is 0 Å². The van der Waals surface area contributed by atoms with Gasteiger partial charge < -0.3 is 5.32 Å². The van der Waals surface area contributed by atoms with E-state index in [0.717, 1.165) is 18.9 Å². The predicted molar refractivity (Wildman–Crippen MR) is 85.9 cm³/mol. The molecule has 0 amide bonds. The van der Waals surface area contributed by atoms with Gasteiger partial charge in [-0.2, -0.15) is 0 Å². The zero-order valence-electron chi connectivity index (χ0n) is 13.3. The van der Waals surface area contributed by atoms with E-state index >= 15 is 0 Å². The Morgan fingerprint density at radius 1 is 1.20 bits per heavy atom. The highest BCUT2D eigenvalue weighted by Gasteiger charge is 2.30. The first kappa shape index (κ1) is 15.3. The molecule has 2 heterocycles. The summed E-state index contributed by atoms with van der Waals surface area (Å²) in [4.78, 5) is 6.93. The maximum Gasteiger partial charge on any atom is 0.126 e. The van der Waals surface area contributed by atoms with Crippen LogP contribution in [0.25, 0.3) is 0 Å². The monoisotopic (exact) mass is 275 g/mol. The molecule has 1 saturated heterocycles. The minimum Gasteiger partial charge on any atom is -0.370 e. The minimum atomic E-state index is 0.615. The molecule has 1 fully saturated rings. The highest BCUT2D eigenvalue weighted by Crippen LogP contribution is 2.38. The van der Waals surface area contributed by atoms with Gasteiger partial charge in [-0.05, 0) is 56.0 Å². The van der Waals surface area contributed by atoms with Crippen LogP contribution in [0.5, 0.6) is 0 Å². The van der Waals surface area contributed by atoms with Crippen LogP contribution in [0.4, 0.5) is 5.82 Å². The summed E-state index contributed by atoms with van der Waals surface area (Å²) in [5.41, 5.74) is 1.99. The van der Waals surface area contributed by atoms with Crippen molar-refractivity contribution >= 4 is 5.82 Å². The molecule has 0 aliphatic carbocycles. The summed E-state index contributed by atoms with van der Waals surface area (Å²) < 4.78 is 0. The van der Waals surface area contributed by atoms with Crippen molar-refractivity contribution in [2.75, 3.05) is 25.0 Å². The number of hydrogen-bond acceptors (Lipinski definition) is 3. The maximum absolute atomic E-state index is 4.34. The number of aromatic nitrogens is 1. The fourth-order valence-corrected chi connectivity index (χ4v) is 3.25. The fraction of sp³-hybridized carbons (Fsp3) is 0.706. The van der Waals surface area contributed by atoms with Gasteiger partial charge in [-0.15, -0.1) is 0 Å². The van der Waals surface area contributed by atoms with Gasteiger partial charge in [0, 0.05) is 19.3 Å². The van der Waals surface area contributed by atoms with Crippen LogP contribution in [0.3, 0.4) is 0 Å². The molecule has 2 rings (SSSR count).